The van der Waals surface area contributed by atoms with E-state index in [1.165, 1.54) is 7.11 Å². The van der Waals surface area contributed by atoms with E-state index < -0.39 is 29.3 Å². The van der Waals surface area contributed by atoms with E-state index in [0.717, 1.165) is 0 Å². The van der Waals surface area contributed by atoms with E-state index in [-0.39, 0.29) is 6.42 Å². The maximum atomic E-state index is 11.5. The minimum absolute atomic E-state index is 0.151. The smallest absolute Gasteiger partial charge is 0.408 e. The molecule has 0 aliphatic heterocycles. The van der Waals surface area contributed by atoms with Crippen LogP contribution in [-0.4, -0.2) is 41.5 Å². The first kappa shape index (κ1) is 16.7. The van der Waals surface area contributed by atoms with Crippen molar-refractivity contribution in [1.82, 2.24) is 5.32 Å². The van der Waals surface area contributed by atoms with Crippen LogP contribution in [0.3, 0.4) is 0 Å². The molecule has 0 heterocycles. The molecule has 0 bridgehead atoms. The van der Waals surface area contributed by atoms with E-state index in [4.69, 9.17) is 14.6 Å². The Morgan fingerprint density at radius 2 is 1.72 bits per heavy atom. The van der Waals surface area contributed by atoms with Crippen LogP contribution in [0.25, 0.3) is 0 Å². The second kappa shape index (κ2) is 6.04. The van der Waals surface area contributed by atoms with Gasteiger partial charge in [0, 0.05) is 13.5 Å². The highest BCUT2D eigenvalue weighted by Gasteiger charge is 2.30. The van der Waals surface area contributed by atoms with Gasteiger partial charge in [-0.05, 0) is 34.6 Å². The van der Waals surface area contributed by atoms with Gasteiger partial charge in [0.15, 0.2) is 0 Å². The summed E-state index contributed by atoms with van der Waals surface area (Å²) in [5, 5.41) is 11.4. The van der Waals surface area contributed by atoms with Crippen molar-refractivity contribution in [3.8, 4) is 0 Å². The zero-order valence-corrected chi connectivity index (χ0v) is 11.9. The zero-order chi connectivity index (χ0) is 14.6. The Labute approximate surface area is 108 Å². The summed E-state index contributed by atoms with van der Waals surface area (Å²) in [7, 11) is 1.49. The third-order valence-electron chi connectivity index (χ3n) is 2.24. The number of methoxy groups -OCH3 is 1. The van der Waals surface area contributed by atoms with Gasteiger partial charge in [0.25, 0.3) is 0 Å². The van der Waals surface area contributed by atoms with E-state index in [1.807, 2.05) is 0 Å². The Kier molecular flexibility index (Phi) is 5.60. The van der Waals surface area contributed by atoms with Gasteiger partial charge in [-0.15, -0.1) is 0 Å². The normalized spacial score (nSPS) is 13.9. The van der Waals surface area contributed by atoms with Gasteiger partial charge in [-0.2, -0.15) is 0 Å². The molecule has 0 fully saturated rings. The van der Waals surface area contributed by atoms with E-state index >= 15 is 0 Å². The number of alkyl carbamates (subject to hydrolysis) is 1. The molecule has 18 heavy (non-hydrogen) atoms. The van der Waals surface area contributed by atoms with E-state index in [1.54, 1.807) is 34.6 Å². The van der Waals surface area contributed by atoms with Crippen molar-refractivity contribution in [3.05, 3.63) is 0 Å². The van der Waals surface area contributed by atoms with Crippen molar-refractivity contribution in [3.63, 3.8) is 0 Å². The molecule has 0 aromatic carbocycles. The maximum absolute atomic E-state index is 11.5. The first-order valence-corrected chi connectivity index (χ1v) is 5.74. The molecule has 0 aromatic heterocycles. The first-order chi connectivity index (χ1) is 7.97. The number of nitrogens with one attached hydrogen (secondary N) is 1. The average molecular weight is 261 g/mol. The molecular weight excluding hydrogens is 238 g/mol. The number of hydrogen-bond acceptors (Lipinski definition) is 4. The summed E-state index contributed by atoms with van der Waals surface area (Å²) < 4.78 is 10.2. The maximum Gasteiger partial charge on any atom is 0.408 e. The largest absolute Gasteiger partial charge is 0.480 e. The molecular formula is C12H23NO5. The van der Waals surface area contributed by atoms with Crippen LogP contribution in [-0.2, 0) is 14.3 Å². The Morgan fingerprint density at radius 1 is 1.22 bits per heavy atom. The van der Waals surface area contributed by atoms with Gasteiger partial charge in [0.05, 0.1) is 5.60 Å². The molecule has 0 rings (SSSR count). The highest BCUT2D eigenvalue weighted by Crippen LogP contribution is 2.16. The van der Waals surface area contributed by atoms with Crippen molar-refractivity contribution in [1.29, 1.82) is 0 Å². The number of carboxylic acid groups (broad SMARTS) is 1. The summed E-state index contributed by atoms with van der Waals surface area (Å²) in [6.07, 6.45) is -0.597. The predicted molar refractivity (Wildman–Crippen MR) is 66.5 cm³/mol. The molecule has 0 saturated carbocycles. The lowest BCUT2D eigenvalue weighted by molar-refractivity contribution is -0.141. The molecule has 0 spiro atoms. The number of carboxylic acids is 1. The fourth-order valence-corrected chi connectivity index (χ4v) is 1.22. The lowest BCUT2D eigenvalue weighted by Crippen LogP contribution is -2.47. The third kappa shape index (κ3) is 7.11. The van der Waals surface area contributed by atoms with Crippen LogP contribution in [0.2, 0.25) is 0 Å². The summed E-state index contributed by atoms with van der Waals surface area (Å²) in [6.45, 7) is 8.63. The van der Waals surface area contributed by atoms with Crippen LogP contribution >= 0.6 is 0 Å². The summed E-state index contributed by atoms with van der Waals surface area (Å²) in [4.78, 5) is 22.6. The number of rotatable bonds is 5. The fourth-order valence-electron chi connectivity index (χ4n) is 1.22. The van der Waals surface area contributed by atoms with Crippen LogP contribution in [0.4, 0.5) is 4.79 Å². The van der Waals surface area contributed by atoms with Gasteiger partial charge in [0.1, 0.15) is 11.6 Å². The third-order valence-corrected chi connectivity index (χ3v) is 2.24. The molecule has 0 aromatic rings. The van der Waals surface area contributed by atoms with Crippen molar-refractivity contribution < 1.29 is 24.2 Å². The lowest BCUT2D eigenvalue weighted by Gasteiger charge is -2.27. The van der Waals surface area contributed by atoms with Crippen LogP contribution < -0.4 is 5.32 Å². The number of aliphatic carboxylic acids is 1. The summed E-state index contributed by atoms with van der Waals surface area (Å²) in [6, 6.07) is -1.05. The SMILES string of the molecule is COC(C)(C)C[C@@H](NC(=O)OC(C)(C)C)C(=O)O. The van der Waals surface area contributed by atoms with Crippen LogP contribution in [0, 0.1) is 0 Å². The van der Waals surface area contributed by atoms with Gasteiger partial charge in [-0.25, -0.2) is 9.59 Å². The Balaban J connectivity index is 4.56. The molecule has 0 aliphatic carbocycles. The Morgan fingerprint density at radius 3 is 2.06 bits per heavy atom. The van der Waals surface area contributed by atoms with Crippen molar-refractivity contribution >= 4 is 12.1 Å². The van der Waals surface area contributed by atoms with Gasteiger partial charge < -0.3 is 19.9 Å². The standard InChI is InChI=1S/C12H23NO5/c1-11(2,3)18-10(16)13-8(9(14)15)7-12(4,5)17-6/h8H,7H2,1-6H3,(H,13,16)(H,14,15)/t8-/m1/s1. The number of ether oxygens (including phenoxy) is 2. The van der Waals surface area contributed by atoms with Gasteiger partial charge in [-0.3, -0.25) is 0 Å². The van der Waals surface area contributed by atoms with E-state index in [9.17, 15) is 9.59 Å². The van der Waals surface area contributed by atoms with Gasteiger partial charge >= 0.3 is 12.1 Å². The second-order valence-corrected chi connectivity index (χ2v) is 5.70. The minimum Gasteiger partial charge on any atom is -0.480 e. The molecule has 1 atom stereocenters. The van der Waals surface area contributed by atoms with Crippen molar-refractivity contribution in [2.45, 2.75) is 58.3 Å². The second-order valence-electron chi connectivity index (χ2n) is 5.70. The highest BCUT2D eigenvalue weighted by atomic mass is 16.6. The van der Waals surface area contributed by atoms with E-state index in [0.29, 0.717) is 0 Å². The lowest BCUT2D eigenvalue weighted by atomic mass is 9.99. The molecule has 106 valence electrons. The van der Waals surface area contributed by atoms with Crippen molar-refractivity contribution in [2.75, 3.05) is 7.11 Å². The monoisotopic (exact) mass is 261 g/mol. The van der Waals surface area contributed by atoms with Crippen LogP contribution in [0.5, 0.6) is 0 Å². The number of amides is 1. The highest BCUT2D eigenvalue weighted by molar-refractivity contribution is 5.80. The minimum atomic E-state index is -1.12. The molecule has 1 amide bonds. The molecule has 0 radical (unpaired) electrons. The molecule has 0 saturated heterocycles. The molecule has 0 aliphatic rings. The van der Waals surface area contributed by atoms with Crippen molar-refractivity contribution in [2.24, 2.45) is 0 Å². The fraction of sp³-hybridized carbons (Fsp3) is 0.833. The topological polar surface area (TPSA) is 84.9 Å². The first-order valence-electron chi connectivity index (χ1n) is 5.74. The van der Waals surface area contributed by atoms with Crippen LogP contribution in [0.15, 0.2) is 0 Å². The summed E-state index contributed by atoms with van der Waals surface area (Å²) >= 11 is 0. The molecule has 2 N–H and O–H groups in total. The molecule has 6 nitrogen and oxygen atoms in total. The number of carbonyl (C=O) groups is 2. The van der Waals surface area contributed by atoms with Gasteiger partial charge in [-0.1, -0.05) is 0 Å². The Hall–Kier alpha value is -1.30. The summed E-state index contributed by atoms with van der Waals surface area (Å²) in [5.41, 5.74) is -1.30. The molecule has 6 heteroatoms. The van der Waals surface area contributed by atoms with Gasteiger partial charge in [0.2, 0.25) is 0 Å². The Bertz CT molecular complexity index is 306. The number of carbonyl (C=O) groups excluding carboxylic acids is 1. The number of hydrogen-bond donors (Lipinski definition) is 2. The van der Waals surface area contributed by atoms with Crippen LogP contribution in [0.1, 0.15) is 41.0 Å². The average Bonchev–Trinajstić information content (AvgIpc) is 2.13. The predicted octanol–water partition coefficient (Wildman–Crippen LogP) is 1.78. The molecule has 0 unspecified atom stereocenters. The summed E-state index contributed by atoms with van der Waals surface area (Å²) in [5.74, 6) is -1.12. The zero-order valence-electron chi connectivity index (χ0n) is 11.9. The quantitative estimate of drug-likeness (QED) is 0.788. The van der Waals surface area contributed by atoms with E-state index in [2.05, 4.69) is 5.32 Å².